The van der Waals surface area contributed by atoms with E-state index in [2.05, 4.69) is 36.6 Å². The number of nitrogens with two attached hydrogens (primary N) is 1. The van der Waals surface area contributed by atoms with Gasteiger partial charge in [-0.2, -0.15) is 0 Å². The van der Waals surface area contributed by atoms with E-state index in [0.29, 0.717) is 6.54 Å². The highest BCUT2D eigenvalue weighted by Crippen LogP contribution is 2.34. The van der Waals surface area contributed by atoms with E-state index in [1.165, 1.54) is 0 Å². The van der Waals surface area contributed by atoms with Crippen LogP contribution in [0.3, 0.4) is 0 Å². The first kappa shape index (κ1) is 15.5. The lowest BCUT2D eigenvalue weighted by molar-refractivity contribution is 0.564. The summed E-state index contributed by atoms with van der Waals surface area (Å²) >= 11 is 7.79. The van der Waals surface area contributed by atoms with Gasteiger partial charge in [0.25, 0.3) is 0 Å². The molecule has 2 aromatic heterocycles. The second-order valence-electron chi connectivity index (χ2n) is 6.56. The lowest BCUT2D eigenvalue weighted by Gasteiger charge is -2.17. The number of benzene rings is 1. The van der Waals surface area contributed by atoms with Crippen LogP contribution in [0.4, 0.5) is 0 Å². The Morgan fingerprint density at radius 1 is 1.32 bits per heavy atom. The van der Waals surface area contributed by atoms with Crippen LogP contribution in [0.25, 0.3) is 16.2 Å². The minimum absolute atomic E-state index is 0.0202. The van der Waals surface area contributed by atoms with E-state index in [0.717, 1.165) is 38.2 Å². The monoisotopic (exact) mass is 333 g/mol. The van der Waals surface area contributed by atoms with E-state index in [4.69, 9.17) is 22.3 Å². The predicted octanol–water partition coefficient (Wildman–Crippen LogP) is 4.78. The Morgan fingerprint density at radius 3 is 2.64 bits per heavy atom. The first-order chi connectivity index (χ1) is 10.3. The van der Waals surface area contributed by atoms with E-state index < -0.39 is 0 Å². The first-order valence-electron chi connectivity index (χ1n) is 7.29. The molecule has 0 unspecified atom stereocenters. The molecule has 0 saturated carbocycles. The zero-order chi connectivity index (χ0) is 16.1. The number of aryl methyl sites for hydroxylation is 1. The summed E-state index contributed by atoms with van der Waals surface area (Å²) in [4.78, 5) is 5.81. The summed E-state index contributed by atoms with van der Waals surface area (Å²) in [6.07, 6.45) is 0. The maximum atomic E-state index is 6.15. The number of halogens is 1. The molecular formula is C17H20ClN3S. The zero-order valence-corrected chi connectivity index (χ0v) is 14.8. The van der Waals surface area contributed by atoms with Crippen LogP contribution in [0.1, 0.15) is 37.7 Å². The van der Waals surface area contributed by atoms with Gasteiger partial charge >= 0.3 is 0 Å². The second kappa shape index (κ2) is 5.37. The summed E-state index contributed by atoms with van der Waals surface area (Å²) in [5.41, 5.74) is 11.5. The molecule has 0 saturated heterocycles. The SMILES string of the molecule is Cc1cc(-c2csc3nc(C(C)(C)C)c(CN)n23)ccc1Cl. The number of rotatable bonds is 2. The van der Waals surface area contributed by atoms with Crippen LogP contribution in [0.5, 0.6) is 0 Å². The number of imidazole rings is 1. The molecule has 0 bridgehead atoms. The number of fused-ring (bicyclic) bond motifs is 1. The summed E-state index contributed by atoms with van der Waals surface area (Å²) in [5.74, 6) is 0. The van der Waals surface area contributed by atoms with Crippen molar-refractivity contribution in [2.75, 3.05) is 0 Å². The molecule has 0 spiro atoms. The van der Waals surface area contributed by atoms with Crippen LogP contribution >= 0.6 is 22.9 Å². The summed E-state index contributed by atoms with van der Waals surface area (Å²) in [5, 5.41) is 2.92. The Hall–Kier alpha value is -1.36. The van der Waals surface area contributed by atoms with Crippen molar-refractivity contribution < 1.29 is 0 Å². The van der Waals surface area contributed by atoms with Gasteiger partial charge in [-0.05, 0) is 30.2 Å². The van der Waals surface area contributed by atoms with Crippen LogP contribution in [0, 0.1) is 6.92 Å². The van der Waals surface area contributed by atoms with Crippen molar-refractivity contribution in [2.24, 2.45) is 5.73 Å². The Kier molecular flexibility index (Phi) is 3.79. The number of thiazole rings is 1. The highest BCUT2D eigenvalue weighted by Gasteiger charge is 2.25. The predicted molar refractivity (Wildman–Crippen MR) is 94.8 cm³/mol. The lowest BCUT2D eigenvalue weighted by Crippen LogP contribution is -2.17. The third-order valence-electron chi connectivity index (χ3n) is 3.82. The van der Waals surface area contributed by atoms with Gasteiger partial charge in [-0.1, -0.05) is 38.4 Å². The van der Waals surface area contributed by atoms with Crippen LogP contribution in [-0.2, 0) is 12.0 Å². The van der Waals surface area contributed by atoms with E-state index in [1.807, 2.05) is 19.1 Å². The van der Waals surface area contributed by atoms with Gasteiger partial charge in [-0.15, -0.1) is 11.3 Å². The van der Waals surface area contributed by atoms with Crippen LogP contribution < -0.4 is 5.73 Å². The number of aromatic nitrogens is 2. The molecule has 3 rings (SSSR count). The minimum atomic E-state index is -0.0202. The quantitative estimate of drug-likeness (QED) is 0.733. The molecule has 0 atom stereocenters. The van der Waals surface area contributed by atoms with Gasteiger partial charge in [0.05, 0.1) is 17.1 Å². The van der Waals surface area contributed by atoms with Crippen molar-refractivity contribution in [1.82, 2.24) is 9.38 Å². The maximum absolute atomic E-state index is 6.15. The fourth-order valence-corrected chi connectivity index (χ4v) is 3.74. The van der Waals surface area contributed by atoms with E-state index in [1.54, 1.807) is 11.3 Å². The molecule has 0 aliphatic heterocycles. The van der Waals surface area contributed by atoms with E-state index >= 15 is 0 Å². The van der Waals surface area contributed by atoms with Crippen LogP contribution in [0.2, 0.25) is 5.02 Å². The molecule has 1 aromatic carbocycles. The van der Waals surface area contributed by atoms with Crippen molar-refractivity contribution in [1.29, 1.82) is 0 Å². The fraction of sp³-hybridized carbons (Fsp3) is 0.353. The summed E-state index contributed by atoms with van der Waals surface area (Å²) in [6.45, 7) is 9.01. The first-order valence-corrected chi connectivity index (χ1v) is 8.54. The third-order valence-corrected chi connectivity index (χ3v) is 5.07. The smallest absolute Gasteiger partial charge is 0.194 e. The van der Waals surface area contributed by atoms with Gasteiger partial charge < -0.3 is 5.73 Å². The highest BCUT2D eigenvalue weighted by molar-refractivity contribution is 7.15. The Bertz CT molecular complexity index is 840. The van der Waals surface area contributed by atoms with Gasteiger partial charge in [0.1, 0.15) is 0 Å². The molecular weight excluding hydrogens is 314 g/mol. The van der Waals surface area contributed by atoms with E-state index in [-0.39, 0.29) is 5.41 Å². The lowest BCUT2D eigenvalue weighted by atomic mass is 9.90. The summed E-state index contributed by atoms with van der Waals surface area (Å²) in [7, 11) is 0. The van der Waals surface area contributed by atoms with E-state index in [9.17, 15) is 0 Å². The molecule has 0 amide bonds. The molecule has 2 N–H and O–H groups in total. The summed E-state index contributed by atoms with van der Waals surface area (Å²) in [6, 6.07) is 6.11. The summed E-state index contributed by atoms with van der Waals surface area (Å²) < 4.78 is 2.19. The molecule has 0 aliphatic carbocycles. The standard InChI is InChI=1S/C17H20ClN3S/c1-10-7-11(5-6-12(10)18)14-9-22-16-20-15(17(2,3)4)13(8-19)21(14)16/h5-7,9H,8,19H2,1-4H3. The van der Waals surface area contributed by atoms with Crippen molar-refractivity contribution in [3.8, 4) is 11.3 Å². The van der Waals surface area contributed by atoms with Gasteiger partial charge in [-0.3, -0.25) is 4.40 Å². The topological polar surface area (TPSA) is 43.3 Å². The van der Waals surface area contributed by atoms with Gasteiger partial charge in [0.2, 0.25) is 0 Å². The molecule has 5 heteroatoms. The average Bonchev–Trinajstić information content (AvgIpc) is 2.99. The molecule has 22 heavy (non-hydrogen) atoms. The van der Waals surface area contributed by atoms with Gasteiger partial charge in [0, 0.05) is 22.4 Å². The van der Waals surface area contributed by atoms with Gasteiger partial charge in [-0.25, -0.2) is 4.98 Å². The molecule has 0 aliphatic rings. The Morgan fingerprint density at radius 2 is 2.05 bits per heavy atom. The van der Waals surface area contributed by atoms with Crippen molar-refractivity contribution in [3.05, 3.63) is 45.6 Å². The highest BCUT2D eigenvalue weighted by atomic mass is 35.5. The molecule has 0 radical (unpaired) electrons. The largest absolute Gasteiger partial charge is 0.325 e. The van der Waals surface area contributed by atoms with Gasteiger partial charge in [0.15, 0.2) is 4.96 Å². The van der Waals surface area contributed by atoms with Crippen molar-refractivity contribution >= 4 is 27.9 Å². The zero-order valence-electron chi connectivity index (χ0n) is 13.3. The van der Waals surface area contributed by atoms with Crippen LogP contribution in [-0.4, -0.2) is 9.38 Å². The number of hydrogen-bond acceptors (Lipinski definition) is 3. The molecule has 3 aromatic rings. The van der Waals surface area contributed by atoms with Crippen molar-refractivity contribution in [2.45, 2.75) is 39.7 Å². The molecule has 2 heterocycles. The fourth-order valence-electron chi connectivity index (χ4n) is 2.71. The molecule has 0 fully saturated rings. The second-order valence-corrected chi connectivity index (χ2v) is 7.81. The number of hydrogen-bond donors (Lipinski definition) is 1. The number of nitrogens with zero attached hydrogens (tertiary/aromatic N) is 2. The third kappa shape index (κ3) is 2.45. The van der Waals surface area contributed by atoms with Crippen LogP contribution in [0.15, 0.2) is 23.6 Å². The van der Waals surface area contributed by atoms with Crippen molar-refractivity contribution in [3.63, 3.8) is 0 Å². The minimum Gasteiger partial charge on any atom is -0.325 e. The average molecular weight is 334 g/mol. The normalized spacial score (nSPS) is 12.3. The maximum Gasteiger partial charge on any atom is 0.194 e. The molecule has 116 valence electrons. The Balaban J connectivity index is 2.27. The molecule has 3 nitrogen and oxygen atoms in total. The Labute approximate surface area is 139 Å².